The Morgan fingerprint density at radius 3 is 2.71 bits per heavy atom. The summed E-state index contributed by atoms with van der Waals surface area (Å²) in [5, 5.41) is 13.9. The number of rotatable bonds is 5. The fourth-order valence-corrected chi connectivity index (χ4v) is 4.35. The summed E-state index contributed by atoms with van der Waals surface area (Å²) < 4.78 is 18.4. The van der Waals surface area contributed by atoms with Crippen LogP contribution in [0.15, 0.2) is 18.2 Å². The van der Waals surface area contributed by atoms with Gasteiger partial charge in [0.15, 0.2) is 0 Å². The monoisotopic (exact) mass is 355 g/mol. The van der Waals surface area contributed by atoms with Gasteiger partial charge in [0, 0.05) is 17.7 Å². The molecule has 0 amide bonds. The molecule has 2 aliphatic rings. The van der Waals surface area contributed by atoms with Crippen LogP contribution in [0.3, 0.4) is 0 Å². The van der Waals surface area contributed by atoms with Crippen LogP contribution in [0, 0.1) is 11.7 Å². The van der Waals surface area contributed by atoms with Crippen LogP contribution in [0.5, 0.6) is 0 Å². The summed E-state index contributed by atoms with van der Waals surface area (Å²) in [6.45, 7) is 2.13. The van der Waals surface area contributed by atoms with Crippen molar-refractivity contribution < 1.29 is 14.2 Å². The lowest BCUT2D eigenvalue weighted by atomic mass is 9.77. The molecule has 2 unspecified atom stereocenters. The smallest absolute Gasteiger partial charge is 0.124 e. The van der Waals surface area contributed by atoms with Crippen molar-refractivity contribution in [2.75, 3.05) is 19.8 Å². The number of nitrogens with one attached hydrogen (secondary N) is 1. The minimum Gasteiger partial charge on any atom is -0.389 e. The Balaban J connectivity index is 1.40. The lowest BCUT2D eigenvalue weighted by molar-refractivity contribution is -0.0278. The summed E-state index contributed by atoms with van der Waals surface area (Å²) >= 11 is 6.20. The molecule has 1 heterocycles. The van der Waals surface area contributed by atoms with Crippen molar-refractivity contribution in [3.63, 3.8) is 0 Å². The van der Waals surface area contributed by atoms with E-state index in [0.29, 0.717) is 17.5 Å². The van der Waals surface area contributed by atoms with Crippen LogP contribution in [0.1, 0.15) is 50.0 Å². The van der Waals surface area contributed by atoms with Crippen molar-refractivity contribution in [2.45, 2.75) is 56.6 Å². The molecular formula is C19H27ClFNO2. The van der Waals surface area contributed by atoms with E-state index in [1.54, 1.807) is 0 Å². The quantitative estimate of drug-likeness (QED) is 0.842. The Bertz CT molecular complexity index is 534. The summed E-state index contributed by atoms with van der Waals surface area (Å²) in [7, 11) is 0. The van der Waals surface area contributed by atoms with Crippen molar-refractivity contribution in [1.82, 2.24) is 5.32 Å². The molecule has 1 aliphatic carbocycles. The Labute approximate surface area is 148 Å². The first-order valence-corrected chi connectivity index (χ1v) is 9.45. The van der Waals surface area contributed by atoms with Crippen LogP contribution in [-0.2, 0) is 4.74 Å². The van der Waals surface area contributed by atoms with Gasteiger partial charge in [0.25, 0.3) is 0 Å². The number of ether oxygens (including phenoxy) is 1. The molecule has 1 saturated carbocycles. The van der Waals surface area contributed by atoms with E-state index in [0.717, 1.165) is 50.3 Å². The van der Waals surface area contributed by atoms with Crippen LogP contribution in [0.25, 0.3) is 0 Å². The number of aliphatic hydroxyl groups excluding tert-OH is 1. The zero-order valence-electron chi connectivity index (χ0n) is 14.0. The maximum Gasteiger partial charge on any atom is 0.124 e. The lowest BCUT2D eigenvalue weighted by Crippen LogP contribution is -2.46. The summed E-state index contributed by atoms with van der Waals surface area (Å²) in [5.74, 6) is 0.920. The number of hydrogen-bond acceptors (Lipinski definition) is 3. The predicted octanol–water partition coefficient (Wildman–Crippen LogP) is 3.88. The standard InChI is InChI=1S/C19H27ClFNO2/c20-17-11-15(21)5-6-16(17)14-3-1-13(2-4-14)7-9-22-18-8-10-24-12-19(18)23/h5-6,11,13-14,18-19,22-23H,1-4,7-10,12H2/t13-,14+,18?,19?. The van der Waals surface area contributed by atoms with Gasteiger partial charge in [-0.3, -0.25) is 0 Å². The minimum atomic E-state index is -0.380. The molecule has 1 aromatic rings. The highest BCUT2D eigenvalue weighted by Crippen LogP contribution is 2.39. The fraction of sp³-hybridized carbons (Fsp3) is 0.684. The van der Waals surface area contributed by atoms with Crippen LogP contribution in [0.2, 0.25) is 5.02 Å². The lowest BCUT2D eigenvalue weighted by Gasteiger charge is -2.31. The van der Waals surface area contributed by atoms with Gasteiger partial charge in [-0.15, -0.1) is 0 Å². The van der Waals surface area contributed by atoms with Crippen molar-refractivity contribution in [2.24, 2.45) is 5.92 Å². The molecule has 0 aromatic heterocycles. The summed E-state index contributed by atoms with van der Waals surface area (Å²) in [4.78, 5) is 0. The molecule has 24 heavy (non-hydrogen) atoms. The molecule has 0 bridgehead atoms. The molecule has 3 nitrogen and oxygen atoms in total. The molecule has 5 heteroatoms. The molecule has 1 aromatic carbocycles. The highest BCUT2D eigenvalue weighted by Gasteiger charge is 2.26. The molecule has 3 rings (SSSR count). The second-order valence-electron chi connectivity index (χ2n) is 7.16. The van der Waals surface area contributed by atoms with Gasteiger partial charge in [0.1, 0.15) is 5.82 Å². The normalized spacial score (nSPS) is 31.1. The van der Waals surface area contributed by atoms with Gasteiger partial charge in [-0.05, 0) is 74.6 Å². The number of aliphatic hydroxyl groups is 1. The van der Waals surface area contributed by atoms with Crippen LogP contribution in [0.4, 0.5) is 4.39 Å². The van der Waals surface area contributed by atoms with E-state index < -0.39 is 0 Å². The summed E-state index contributed by atoms with van der Waals surface area (Å²) in [6.07, 6.45) is 6.28. The highest BCUT2D eigenvalue weighted by molar-refractivity contribution is 6.31. The second kappa shape index (κ2) is 8.61. The first-order chi connectivity index (χ1) is 11.6. The van der Waals surface area contributed by atoms with Gasteiger partial charge in [0.2, 0.25) is 0 Å². The molecule has 2 fully saturated rings. The zero-order chi connectivity index (χ0) is 16.9. The number of hydrogen-bond donors (Lipinski definition) is 2. The predicted molar refractivity (Wildman–Crippen MR) is 94.0 cm³/mol. The molecule has 2 atom stereocenters. The molecule has 134 valence electrons. The maximum atomic E-state index is 13.2. The molecule has 0 spiro atoms. The number of benzene rings is 1. The SMILES string of the molecule is OC1COCCC1NCC[C@H]1CC[C@@H](c2ccc(F)cc2Cl)CC1. The third-order valence-corrected chi connectivity index (χ3v) is 5.86. The highest BCUT2D eigenvalue weighted by atomic mass is 35.5. The van der Waals surface area contributed by atoms with Gasteiger partial charge in [-0.1, -0.05) is 17.7 Å². The molecule has 0 radical (unpaired) electrons. The van der Waals surface area contributed by atoms with Crippen molar-refractivity contribution in [3.8, 4) is 0 Å². The average Bonchev–Trinajstić information content (AvgIpc) is 2.57. The van der Waals surface area contributed by atoms with Gasteiger partial charge >= 0.3 is 0 Å². The summed E-state index contributed by atoms with van der Waals surface area (Å²) in [6, 6.07) is 4.95. The average molecular weight is 356 g/mol. The van der Waals surface area contributed by atoms with E-state index in [4.69, 9.17) is 16.3 Å². The molecule has 1 saturated heterocycles. The van der Waals surface area contributed by atoms with E-state index in [9.17, 15) is 9.50 Å². The third-order valence-electron chi connectivity index (χ3n) is 5.53. The first kappa shape index (κ1) is 18.1. The Morgan fingerprint density at radius 1 is 1.21 bits per heavy atom. The first-order valence-electron chi connectivity index (χ1n) is 9.07. The second-order valence-corrected chi connectivity index (χ2v) is 7.57. The Morgan fingerprint density at radius 2 is 2.00 bits per heavy atom. The van der Waals surface area contributed by atoms with E-state index in [2.05, 4.69) is 5.32 Å². The maximum absolute atomic E-state index is 13.2. The molecular weight excluding hydrogens is 329 g/mol. The topological polar surface area (TPSA) is 41.5 Å². The van der Waals surface area contributed by atoms with E-state index in [1.165, 1.54) is 25.0 Å². The van der Waals surface area contributed by atoms with Crippen LogP contribution >= 0.6 is 11.6 Å². The van der Waals surface area contributed by atoms with E-state index in [-0.39, 0.29) is 18.0 Å². The Hall–Kier alpha value is -0.680. The van der Waals surface area contributed by atoms with Gasteiger partial charge in [0.05, 0.1) is 12.7 Å². The number of halogens is 2. The van der Waals surface area contributed by atoms with Crippen LogP contribution in [-0.4, -0.2) is 37.0 Å². The van der Waals surface area contributed by atoms with E-state index >= 15 is 0 Å². The van der Waals surface area contributed by atoms with Gasteiger partial charge in [-0.2, -0.15) is 0 Å². The summed E-state index contributed by atoms with van der Waals surface area (Å²) in [5.41, 5.74) is 1.10. The zero-order valence-corrected chi connectivity index (χ0v) is 14.8. The minimum absolute atomic E-state index is 0.174. The van der Waals surface area contributed by atoms with Crippen molar-refractivity contribution in [3.05, 3.63) is 34.6 Å². The Kier molecular flexibility index (Phi) is 6.50. The molecule has 2 N–H and O–H groups in total. The van der Waals surface area contributed by atoms with E-state index in [1.807, 2.05) is 6.07 Å². The van der Waals surface area contributed by atoms with Gasteiger partial charge in [-0.25, -0.2) is 4.39 Å². The van der Waals surface area contributed by atoms with Crippen molar-refractivity contribution in [1.29, 1.82) is 0 Å². The molecule has 1 aliphatic heterocycles. The van der Waals surface area contributed by atoms with Gasteiger partial charge < -0.3 is 15.2 Å². The van der Waals surface area contributed by atoms with Crippen molar-refractivity contribution >= 4 is 11.6 Å². The fourth-order valence-electron chi connectivity index (χ4n) is 4.03. The third kappa shape index (κ3) is 4.69. The van der Waals surface area contributed by atoms with Crippen LogP contribution < -0.4 is 5.32 Å². The largest absolute Gasteiger partial charge is 0.389 e.